The highest BCUT2D eigenvalue weighted by molar-refractivity contribution is 5.75. The first-order valence-electron chi connectivity index (χ1n) is 6.50. The van der Waals surface area contributed by atoms with E-state index >= 15 is 0 Å². The Morgan fingerprint density at radius 2 is 2.00 bits per heavy atom. The lowest BCUT2D eigenvalue weighted by atomic mass is 9.90. The van der Waals surface area contributed by atoms with Gasteiger partial charge in [-0.1, -0.05) is 36.9 Å². The highest BCUT2D eigenvalue weighted by atomic mass is 16.2. The molecule has 0 bridgehead atoms. The van der Waals surface area contributed by atoms with Gasteiger partial charge in [0.05, 0.1) is 0 Å². The molecule has 1 fully saturated rings. The Balaban J connectivity index is 1.80. The summed E-state index contributed by atoms with van der Waals surface area (Å²) in [6.07, 6.45) is 4.73. The maximum Gasteiger partial charge on any atom is 0.321 e. The number of amides is 2. The fraction of sp³-hybridized carbons (Fsp3) is 0.400. The van der Waals surface area contributed by atoms with Crippen LogP contribution in [-0.2, 0) is 6.42 Å². The van der Waals surface area contributed by atoms with Gasteiger partial charge in [-0.2, -0.15) is 0 Å². The summed E-state index contributed by atoms with van der Waals surface area (Å²) in [5.74, 6) is 0.695. The van der Waals surface area contributed by atoms with Gasteiger partial charge in [0.25, 0.3) is 0 Å². The minimum Gasteiger partial charge on any atom is -0.325 e. The van der Waals surface area contributed by atoms with Crippen molar-refractivity contribution >= 4 is 6.03 Å². The molecule has 0 spiro atoms. The number of benzene rings is 1. The van der Waals surface area contributed by atoms with Crippen molar-refractivity contribution in [1.82, 2.24) is 10.2 Å². The molecule has 0 unspecified atom stereocenters. The Morgan fingerprint density at radius 3 is 2.61 bits per heavy atom. The highest BCUT2D eigenvalue weighted by Crippen LogP contribution is 2.21. The molecule has 0 atom stereocenters. The first kappa shape index (κ1) is 12.7. The van der Waals surface area contributed by atoms with Crippen LogP contribution in [0.3, 0.4) is 0 Å². The molecule has 1 aliphatic rings. The topological polar surface area (TPSA) is 32.3 Å². The molecule has 1 aromatic rings. The van der Waals surface area contributed by atoms with E-state index in [-0.39, 0.29) is 6.03 Å². The summed E-state index contributed by atoms with van der Waals surface area (Å²) in [6.45, 7) is 5.20. The molecule has 0 aliphatic carbocycles. The second-order valence-electron chi connectivity index (χ2n) is 4.77. The largest absolute Gasteiger partial charge is 0.325 e. The summed E-state index contributed by atoms with van der Waals surface area (Å²) in [7, 11) is 0. The van der Waals surface area contributed by atoms with Crippen molar-refractivity contribution in [2.24, 2.45) is 5.92 Å². The number of urea groups is 1. The number of nitrogens with one attached hydrogen (secondary N) is 1. The Kier molecular flexibility index (Phi) is 4.40. The molecule has 1 N–H and O–H groups in total. The van der Waals surface area contributed by atoms with Crippen LogP contribution in [0.15, 0.2) is 43.1 Å². The van der Waals surface area contributed by atoms with E-state index in [0.717, 1.165) is 32.4 Å². The Labute approximate surface area is 108 Å². The molecule has 3 heteroatoms. The summed E-state index contributed by atoms with van der Waals surface area (Å²) >= 11 is 0. The fourth-order valence-corrected chi connectivity index (χ4v) is 2.47. The van der Waals surface area contributed by atoms with Gasteiger partial charge in [0.2, 0.25) is 0 Å². The molecule has 1 heterocycles. The number of hydrogen-bond donors (Lipinski definition) is 1. The van der Waals surface area contributed by atoms with Gasteiger partial charge in [0.15, 0.2) is 0 Å². The van der Waals surface area contributed by atoms with Crippen LogP contribution in [0.1, 0.15) is 18.4 Å². The quantitative estimate of drug-likeness (QED) is 0.871. The number of nitrogens with zero attached hydrogens (tertiary/aromatic N) is 1. The third-order valence-corrected chi connectivity index (χ3v) is 3.49. The smallest absolute Gasteiger partial charge is 0.321 e. The zero-order valence-corrected chi connectivity index (χ0v) is 10.6. The summed E-state index contributed by atoms with van der Waals surface area (Å²) in [5, 5.41) is 2.63. The lowest BCUT2D eigenvalue weighted by molar-refractivity contribution is 0.173. The van der Waals surface area contributed by atoms with Gasteiger partial charge < -0.3 is 10.2 Å². The van der Waals surface area contributed by atoms with Crippen molar-refractivity contribution in [3.8, 4) is 0 Å². The van der Waals surface area contributed by atoms with Gasteiger partial charge >= 0.3 is 6.03 Å². The van der Waals surface area contributed by atoms with Crippen molar-refractivity contribution < 1.29 is 4.79 Å². The molecule has 1 aliphatic heterocycles. The van der Waals surface area contributed by atoms with Gasteiger partial charge in [-0.3, -0.25) is 0 Å². The highest BCUT2D eigenvalue weighted by Gasteiger charge is 2.22. The molecular weight excluding hydrogens is 224 g/mol. The molecule has 0 radical (unpaired) electrons. The predicted octanol–water partition coefficient (Wildman–Crippen LogP) is 2.79. The van der Waals surface area contributed by atoms with Crippen molar-refractivity contribution in [3.05, 3.63) is 48.7 Å². The van der Waals surface area contributed by atoms with Gasteiger partial charge in [0.1, 0.15) is 0 Å². The van der Waals surface area contributed by atoms with E-state index < -0.39 is 0 Å². The molecular formula is C15H20N2O. The molecule has 2 rings (SSSR count). The van der Waals surface area contributed by atoms with Crippen molar-refractivity contribution in [3.63, 3.8) is 0 Å². The number of rotatable bonds is 3. The lowest BCUT2D eigenvalue weighted by Gasteiger charge is -2.31. The standard InChI is InChI=1S/C15H20N2O/c1-2-16-15(18)17-10-8-14(9-11-17)12-13-6-4-3-5-7-13/h2-7,14H,1,8-12H2,(H,16,18). The normalized spacial score (nSPS) is 16.3. The lowest BCUT2D eigenvalue weighted by Crippen LogP contribution is -2.43. The predicted molar refractivity (Wildman–Crippen MR) is 73.2 cm³/mol. The van der Waals surface area contributed by atoms with Crippen molar-refractivity contribution in [1.29, 1.82) is 0 Å². The maximum atomic E-state index is 11.6. The van der Waals surface area contributed by atoms with Gasteiger partial charge in [-0.05, 0) is 36.9 Å². The first-order chi connectivity index (χ1) is 8.79. The Hall–Kier alpha value is -1.77. The van der Waals surface area contributed by atoms with E-state index in [4.69, 9.17) is 0 Å². The molecule has 96 valence electrons. The minimum atomic E-state index is -0.0249. The summed E-state index contributed by atoms with van der Waals surface area (Å²) < 4.78 is 0. The van der Waals surface area contributed by atoms with E-state index in [1.54, 1.807) is 0 Å². The second kappa shape index (κ2) is 6.24. The second-order valence-corrected chi connectivity index (χ2v) is 4.77. The van der Waals surface area contributed by atoms with Crippen LogP contribution in [0.2, 0.25) is 0 Å². The first-order valence-corrected chi connectivity index (χ1v) is 6.50. The Bertz CT molecular complexity index is 394. The minimum absolute atomic E-state index is 0.0249. The van der Waals surface area contributed by atoms with E-state index in [2.05, 4.69) is 36.2 Å². The van der Waals surface area contributed by atoms with E-state index in [1.165, 1.54) is 11.8 Å². The number of likely N-dealkylation sites (tertiary alicyclic amines) is 1. The van der Waals surface area contributed by atoms with Crippen LogP contribution >= 0.6 is 0 Å². The van der Waals surface area contributed by atoms with Gasteiger partial charge in [-0.15, -0.1) is 0 Å². The van der Waals surface area contributed by atoms with E-state index in [0.29, 0.717) is 5.92 Å². The third kappa shape index (κ3) is 3.36. The van der Waals surface area contributed by atoms with Crippen LogP contribution in [-0.4, -0.2) is 24.0 Å². The zero-order valence-electron chi connectivity index (χ0n) is 10.6. The van der Waals surface area contributed by atoms with Crippen molar-refractivity contribution in [2.45, 2.75) is 19.3 Å². The van der Waals surface area contributed by atoms with Crippen LogP contribution in [0, 0.1) is 5.92 Å². The van der Waals surface area contributed by atoms with E-state index in [1.807, 2.05) is 11.0 Å². The summed E-state index contributed by atoms with van der Waals surface area (Å²) in [5.41, 5.74) is 1.39. The van der Waals surface area contributed by atoms with Crippen LogP contribution < -0.4 is 5.32 Å². The van der Waals surface area contributed by atoms with Crippen molar-refractivity contribution in [2.75, 3.05) is 13.1 Å². The number of carbonyl (C=O) groups excluding carboxylic acids is 1. The van der Waals surface area contributed by atoms with Crippen LogP contribution in [0.5, 0.6) is 0 Å². The third-order valence-electron chi connectivity index (χ3n) is 3.49. The fourth-order valence-electron chi connectivity index (χ4n) is 2.47. The molecule has 1 saturated heterocycles. The molecule has 3 nitrogen and oxygen atoms in total. The molecule has 2 amide bonds. The van der Waals surface area contributed by atoms with E-state index in [9.17, 15) is 4.79 Å². The summed E-state index contributed by atoms with van der Waals surface area (Å²) in [4.78, 5) is 13.5. The maximum absolute atomic E-state index is 11.6. The molecule has 18 heavy (non-hydrogen) atoms. The molecule has 0 aromatic heterocycles. The molecule has 0 saturated carbocycles. The monoisotopic (exact) mass is 244 g/mol. The number of carbonyl (C=O) groups is 1. The average molecular weight is 244 g/mol. The SMILES string of the molecule is C=CNC(=O)N1CCC(Cc2ccccc2)CC1. The van der Waals surface area contributed by atoms with Crippen LogP contribution in [0.4, 0.5) is 4.79 Å². The summed E-state index contributed by atoms with van der Waals surface area (Å²) in [6, 6.07) is 10.5. The molecule has 1 aromatic carbocycles. The number of hydrogen-bond acceptors (Lipinski definition) is 1. The number of piperidine rings is 1. The zero-order chi connectivity index (χ0) is 12.8. The van der Waals surface area contributed by atoms with Crippen LogP contribution in [0.25, 0.3) is 0 Å². The average Bonchev–Trinajstić information content (AvgIpc) is 2.41. The van der Waals surface area contributed by atoms with Gasteiger partial charge in [-0.25, -0.2) is 4.79 Å². The van der Waals surface area contributed by atoms with Gasteiger partial charge in [0, 0.05) is 13.1 Å². The Morgan fingerprint density at radius 1 is 1.33 bits per heavy atom.